The first-order chi connectivity index (χ1) is 9.19. The fourth-order valence-electron chi connectivity index (χ4n) is 2.33. The molecule has 19 heavy (non-hydrogen) atoms. The molecule has 4 nitrogen and oxygen atoms in total. The highest BCUT2D eigenvalue weighted by molar-refractivity contribution is 7.10. The van der Waals surface area contributed by atoms with Gasteiger partial charge in [-0.15, -0.1) is 11.3 Å². The molecule has 1 fully saturated rings. The van der Waals surface area contributed by atoms with Crippen LogP contribution in [0, 0.1) is 17.8 Å². The Kier molecular flexibility index (Phi) is 4.97. The number of piperidine rings is 1. The third-order valence-corrected chi connectivity index (χ3v) is 4.20. The van der Waals surface area contributed by atoms with Crippen LogP contribution < -0.4 is 11.5 Å². The first-order valence-corrected chi connectivity index (χ1v) is 7.35. The van der Waals surface area contributed by atoms with E-state index in [0.717, 1.165) is 38.0 Å². The second kappa shape index (κ2) is 6.71. The van der Waals surface area contributed by atoms with Crippen LogP contribution in [0.25, 0.3) is 0 Å². The molecule has 1 atom stereocenters. The fraction of sp³-hybridized carbons (Fsp3) is 0.500. The zero-order chi connectivity index (χ0) is 13.7. The summed E-state index contributed by atoms with van der Waals surface area (Å²) in [6.07, 6.45) is 1.96. The highest BCUT2D eigenvalue weighted by Crippen LogP contribution is 2.21. The molecule has 1 aliphatic heterocycles. The van der Waals surface area contributed by atoms with E-state index in [2.05, 4.69) is 22.8 Å². The number of nitrogens with zero attached hydrogens (tertiary/aromatic N) is 1. The van der Waals surface area contributed by atoms with Gasteiger partial charge in [0.05, 0.1) is 12.5 Å². The van der Waals surface area contributed by atoms with Gasteiger partial charge in [0, 0.05) is 28.9 Å². The molecule has 1 aliphatic rings. The average Bonchev–Trinajstić information content (AvgIpc) is 2.84. The summed E-state index contributed by atoms with van der Waals surface area (Å²) in [4.78, 5) is 14.8. The third kappa shape index (κ3) is 4.06. The van der Waals surface area contributed by atoms with Crippen LogP contribution in [0.1, 0.15) is 23.3 Å². The number of carbonyl (C=O) groups excluding carboxylic acids is 1. The second-order valence-electron chi connectivity index (χ2n) is 4.78. The molecule has 5 heteroatoms. The van der Waals surface area contributed by atoms with Crippen LogP contribution in [-0.4, -0.2) is 30.4 Å². The van der Waals surface area contributed by atoms with E-state index in [1.54, 1.807) is 11.3 Å². The van der Waals surface area contributed by atoms with Crippen LogP contribution in [0.15, 0.2) is 11.4 Å². The smallest absolute Gasteiger partial charge is 0.221 e. The highest BCUT2D eigenvalue weighted by Gasteiger charge is 2.23. The third-order valence-electron chi connectivity index (χ3n) is 3.28. The molecule has 0 aromatic carbocycles. The molecule has 1 amide bonds. The Morgan fingerprint density at radius 1 is 1.58 bits per heavy atom. The van der Waals surface area contributed by atoms with Crippen LogP contribution in [-0.2, 0) is 11.3 Å². The zero-order valence-electron chi connectivity index (χ0n) is 10.9. The topological polar surface area (TPSA) is 72.3 Å². The summed E-state index contributed by atoms with van der Waals surface area (Å²) >= 11 is 1.70. The lowest BCUT2D eigenvalue weighted by Gasteiger charge is -2.30. The summed E-state index contributed by atoms with van der Waals surface area (Å²) in [6, 6.07) is 2.10. The van der Waals surface area contributed by atoms with Gasteiger partial charge in [-0.1, -0.05) is 11.8 Å². The lowest BCUT2D eigenvalue weighted by Crippen LogP contribution is -2.40. The number of rotatable bonds is 3. The van der Waals surface area contributed by atoms with Crippen molar-refractivity contribution in [3.05, 3.63) is 21.9 Å². The van der Waals surface area contributed by atoms with E-state index in [0.29, 0.717) is 6.54 Å². The molecule has 102 valence electrons. The van der Waals surface area contributed by atoms with Gasteiger partial charge in [0.15, 0.2) is 0 Å². The SMILES string of the molecule is NCC#Cc1csc(CN2CCCC(C(N)=O)C2)c1. The van der Waals surface area contributed by atoms with Gasteiger partial charge in [0.25, 0.3) is 0 Å². The van der Waals surface area contributed by atoms with E-state index >= 15 is 0 Å². The Morgan fingerprint density at radius 3 is 3.16 bits per heavy atom. The molecule has 2 heterocycles. The molecule has 0 bridgehead atoms. The predicted molar refractivity (Wildman–Crippen MR) is 77.4 cm³/mol. The molecular weight excluding hydrogens is 258 g/mol. The van der Waals surface area contributed by atoms with Crippen molar-refractivity contribution in [3.63, 3.8) is 0 Å². The van der Waals surface area contributed by atoms with E-state index in [9.17, 15) is 4.79 Å². The van der Waals surface area contributed by atoms with E-state index in [1.807, 2.05) is 5.38 Å². The fourth-order valence-corrected chi connectivity index (χ4v) is 3.19. The molecule has 1 saturated heterocycles. The highest BCUT2D eigenvalue weighted by atomic mass is 32.1. The zero-order valence-corrected chi connectivity index (χ0v) is 11.7. The van der Waals surface area contributed by atoms with Crippen molar-refractivity contribution in [1.29, 1.82) is 0 Å². The maximum Gasteiger partial charge on any atom is 0.221 e. The standard InChI is InChI=1S/C14H19N3OS/c15-5-1-3-11-7-13(19-10-11)9-17-6-2-4-12(8-17)14(16)18/h7,10,12H,2,4-6,8-9,15H2,(H2,16,18). The van der Waals surface area contributed by atoms with Gasteiger partial charge in [0.2, 0.25) is 5.91 Å². The van der Waals surface area contributed by atoms with E-state index in [-0.39, 0.29) is 11.8 Å². The first-order valence-electron chi connectivity index (χ1n) is 6.47. The predicted octanol–water partition coefficient (Wildman–Crippen LogP) is 0.756. The minimum absolute atomic E-state index is 0.00483. The van der Waals surface area contributed by atoms with Crippen LogP contribution in [0.5, 0.6) is 0 Å². The van der Waals surface area contributed by atoms with E-state index < -0.39 is 0 Å². The molecule has 2 rings (SSSR count). The van der Waals surface area contributed by atoms with Gasteiger partial charge < -0.3 is 11.5 Å². The summed E-state index contributed by atoms with van der Waals surface area (Å²) in [5.74, 6) is 5.71. The summed E-state index contributed by atoms with van der Waals surface area (Å²) in [7, 11) is 0. The Hall–Kier alpha value is -1.35. The average molecular weight is 277 g/mol. The van der Waals surface area contributed by atoms with Gasteiger partial charge >= 0.3 is 0 Å². The number of amides is 1. The molecule has 4 N–H and O–H groups in total. The number of hydrogen-bond donors (Lipinski definition) is 2. The van der Waals surface area contributed by atoms with Crippen molar-refractivity contribution in [2.24, 2.45) is 17.4 Å². The van der Waals surface area contributed by atoms with Crippen LogP contribution in [0.4, 0.5) is 0 Å². The first kappa shape index (κ1) is 14.1. The van der Waals surface area contributed by atoms with Crippen LogP contribution in [0.2, 0.25) is 0 Å². The van der Waals surface area contributed by atoms with E-state index in [1.165, 1.54) is 4.88 Å². The minimum Gasteiger partial charge on any atom is -0.369 e. The van der Waals surface area contributed by atoms with Gasteiger partial charge in [-0.3, -0.25) is 9.69 Å². The number of thiophene rings is 1. The molecular formula is C14H19N3OS. The molecule has 0 radical (unpaired) electrons. The van der Waals surface area contributed by atoms with Crippen LogP contribution in [0.3, 0.4) is 0 Å². The molecule has 1 aromatic rings. The normalized spacial score (nSPS) is 19.7. The number of primary amides is 1. The molecule has 1 aromatic heterocycles. The van der Waals surface area contributed by atoms with Crippen molar-refractivity contribution in [2.45, 2.75) is 19.4 Å². The van der Waals surface area contributed by atoms with Gasteiger partial charge in [0.1, 0.15) is 0 Å². The van der Waals surface area contributed by atoms with Crippen molar-refractivity contribution < 1.29 is 4.79 Å². The largest absolute Gasteiger partial charge is 0.369 e. The number of hydrogen-bond acceptors (Lipinski definition) is 4. The Morgan fingerprint density at radius 2 is 2.42 bits per heavy atom. The van der Waals surface area contributed by atoms with Crippen molar-refractivity contribution in [1.82, 2.24) is 4.90 Å². The monoisotopic (exact) mass is 277 g/mol. The second-order valence-corrected chi connectivity index (χ2v) is 5.78. The summed E-state index contributed by atoms with van der Waals surface area (Å²) in [5, 5.41) is 2.05. The molecule has 0 spiro atoms. The Balaban J connectivity index is 1.93. The maximum absolute atomic E-state index is 11.2. The molecule has 0 saturated carbocycles. The van der Waals surface area contributed by atoms with Crippen molar-refractivity contribution in [2.75, 3.05) is 19.6 Å². The number of likely N-dealkylation sites (tertiary alicyclic amines) is 1. The van der Waals surface area contributed by atoms with Gasteiger partial charge in [-0.25, -0.2) is 0 Å². The summed E-state index contributed by atoms with van der Waals surface area (Å²) in [5.41, 5.74) is 11.8. The Labute approximate surface area is 117 Å². The lowest BCUT2D eigenvalue weighted by molar-refractivity contribution is -0.123. The van der Waals surface area contributed by atoms with E-state index in [4.69, 9.17) is 11.5 Å². The molecule has 1 unspecified atom stereocenters. The molecule has 0 aliphatic carbocycles. The number of carbonyl (C=O) groups is 1. The Bertz CT molecular complexity index is 500. The lowest BCUT2D eigenvalue weighted by atomic mass is 9.97. The van der Waals surface area contributed by atoms with Gasteiger partial charge in [-0.2, -0.15) is 0 Å². The van der Waals surface area contributed by atoms with Crippen molar-refractivity contribution >= 4 is 17.2 Å². The van der Waals surface area contributed by atoms with Crippen molar-refractivity contribution in [3.8, 4) is 11.8 Å². The summed E-state index contributed by atoms with van der Waals surface area (Å²) in [6.45, 7) is 3.07. The van der Waals surface area contributed by atoms with Gasteiger partial charge in [-0.05, 0) is 25.5 Å². The minimum atomic E-state index is -0.176. The van der Waals surface area contributed by atoms with Crippen LogP contribution >= 0.6 is 11.3 Å². The maximum atomic E-state index is 11.2. The summed E-state index contributed by atoms with van der Waals surface area (Å²) < 4.78 is 0. The number of nitrogens with two attached hydrogens (primary N) is 2. The quantitative estimate of drug-likeness (QED) is 0.801.